The second-order valence-corrected chi connectivity index (χ2v) is 5.58. The Hall–Kier alpha value is -1.94. The summed E-state index contributed by atoms with van der Waals surface area (Å²) in [4.78, 5) is 22.2. The molecule has 0 atom stereocenters. The van der Waals surface area contributed by atoms with Crippen LogP contribution in [0.5, 0.6) is 0 Å². The van der Waals surface area contributed by atoms with Crippen molar-refractivity contribution in [2.45, 2.75) is 4.34 Å². The number of anilines is 1. The fraction of sp³-hybridized carbons (Fsp3) is 0.222. The number of carbonyl (C=O) groups is 2. The third kappa shape index (κ3) is 3.76. The third-order valence-corrected chi connectivity index (χ3v) is 3.85. The SMILES string of the molecule is Cn1ccc(C(=O)Nc2nnc(SCC(=O)O)s2)n1. The lowest BCUT2D eigenvalue weighted by atomic mass is 10.4. The average Bonchev–Trinajstić information content (AvgIpc) is 2.95. The molecule has 0 aliphatic heterocycles. The quantitative estimate of drug-likeness (QED) is 0.617. The van der Waals surface area contributed by atoms with Gasteiger partial charge in [-0.3, -0.25) is 19.6 Å². The molecule has 0 aliphatic carbocycles. The van der Waals surface area contributed by atoms with Gasteiger partial charge in [0.1, 0.15) is 0 Å². The Labute approximate surface area is 115 Å². The Morgan fingerprint density at radius 2 is 2.32 bits per heavy atom. The highest BCUT2D eigenvalue weighted by Crippen LogP contribution is 2.25. The zero-order chi connectivity index (χ0) is 13.8. The van der Waals surface area contributed by atoms with Crippen LogP contribution in [0.4, 0.5) is 5.13 Å². The van der Waals surface area contributed by atoms with Gasteiger partial charge in [-0.15, -0.1) is 10.2 Å². The maximum atomic E-state index is 11.8. The summed E-state index contributed by atoms with van der Waals surface area (Å²) in [6, 6.07) is 1.58. The number of aromatic nitrogens is 4. The van der Waals surface area contributed by atoms with E-state index in [1.165, 1.54) is 4.68 Å². The Balaban J connectivity index is 1.96. The fourth-order valence-electron chi connectivity index (χ4n) is 1.14. The summed E-state index contributed by atoms with van der Waals surface area (Å²) in [5.74, 6) is -1.41. The van der Waals surface area contributed by atoms with Gasteiger partial charge in [-0.2, -0.15) is 5.10 Å². The van der Waals surface area contributed by atoms with Gasteiger partial charge in [-0.05, 0) is 6.07 Å². The van der Waals surface area contributed by atoms with Gasteiger partial charge in [0.15, 0.2) is 10.0 Å². The highest BCUT2D eigenvalue weighted by molar-refractivity contribution is 8.01. The first-order valence-electron chi connectivity index (χ1n) is 5.03. The first-order chi connectivity index (χ1) is 9.04. The number of aliphatic carboxylic acids is 1. The number of amides is 1. The predicted octanol–water partition coefficient (Wildman–Crippen LogP) is 0.701. The van der Waals surface area contributed by atoms with Gasteiger partial charge in [-0.1, -0.05) is 23.1 Å². The monoisotopic (exact) mass is 299 g/mol. The van der Waals surface area contributed by atoms with Crippen LogP contribution in [-0.2, 0) is 11.8 Å². The number of thioether (sulfide) groups is 1. The van der Waals surface area contributed by atoms with Crippen LogP contribution in [0.25, 0.3) is 0 Å². The number of nitrogens with one attached hydrogen (secondary N) is 1. The molecule has 2 rings (SSSR count). The lowest BCUT2D eigenvalue weighted by molar-refractivity contribution is -0.133. The molecule has 19 heavy (non-hydrogen) atoms. The molecule has 10 heteroatoms. The Morgan fingerprint density at radius 1 is 1.53 bits per heavy atom. The molecule has 2 aromatic heterocycles. The van der Waals surface area contributed by atoms with Crippen molar-refractivity contribution in [1.82, 2.24) is 20.0 Å². The van der Waals surface area contributed by atoms with E-state index in [0.29, 0.717) is 9.47 Å². The molecule has 0 aliphatic rings. The van der Waals surface area contributed by atoms with E-state index in [-0.39, 0.29) is 17.4 Å². The van der Waals surface area contributed by atoms with Gasteiger partial charge in [0.25, 0.3) is 5.91 Å². The van der Waals surface area contributed by atoms with E-state index in [0.717, 1.165) is 23.1 Å². The molecule has 0 fully saturated rings. The predicted molar refractivity (Wildman–Crippen MR) is 69.4 cm³/mol. The highest BCUT2D eigenvalue weighted by Gasteiger charge is 2.13. The topological polar surface area (TPSA) is 110 Å². The van der Waals surface area contributed by atoms with Crippen LogP contribution in [0.2, 0.25) is 0 Å². The maximum absolute atomic E-state index is 11.8. The molecule has 2 heterocycles. The first kappa shape index (κ1) is 13.5. The number of hydrogen-bond acceptors (Lipinski definition) is 7. The molecule has 0 aromatic carbocycles. The Morgan fingerprint density at radius 3 is 2.95 bits per heavy atom. The van der Waals surface area contributed by atoms with Crippen molar-refractivity contribution in [1.29, 1.82) is 0 Å². The summed E-state index contributed by atoms with van der Waals surface area (Å²) >= 11 is 2.17. The van der Waals surface area contributed by atoms with Crippen molar-refractivity contribution in [2.24, 2.45) is 7.05 Å². The summed E-state index contributed by atoms with van der Waals surface area (Å²) in [5, 5.41) is 22.9. The summed E-state index contributed by atoms with van der Waals surface area (Å²) in [7, 11) is 1.71. The summed E-state index contributed by atoms with van der Waals surface area (Å²) in [6.45, 7) is 0. The largest absolute Gasteiger partial charge is 0.481 e. The molecule has 2 aromatic rings. The van der Waals surface area contributed by atoms with Gasteiger partial charge in [0.2, 0.25) is 5.13 Å². The van der Waals surface area contributed by atoms with Gasteiger partial charge >= 0.3 is 5.97 Å². The van der Waals surface area contributed by atoms with Crippen molar-refractivity contribution < 1.29 is 14.7 Å². The molecule has 8 nitrogen and oxygen atoms in total. The van der Waals surface area contributed by atoms with Crippen LogP contribution in [0, 0.1) is 0 Å². The molecule has 100 valence electrons. The van der Waals surface area contributed by atoms with Gasteiger partial charge in [0, 0.05) is 13.2 Å². The van der Waals surface area contributed by atoms with Gasteiger partial charge in [0.05, 0.1) is 5.75 Å². The number of hydrogen-bond donors (Lipinski definition) is 2. The second kappa shape index (κ2) is 5.80. The number of carboxylic acids is 1. The highest BCUT2D eigenvalue weighted by atomic mass is 32.2. The molecule has 0 saturated carbocycles. The molecule has 1 amide bonds. The minimum Gasteiger partial charge on any atom is -0.481 e. The van der Waals surface area contributed by atoms with Crippen LogP contribution < -0.4 is 5.32 Å². The third-order valence-electron chi connectivity index (χ3n) is 1.89. The average molecular weight is 299 g/mol. The molecular weight excluding hydrogens is 290 g/mol. The maximum Gasteiger partial charge on any atom is 0.313 e. The number of carbonyl (C=O) groups excluding carboxylic acids is 1. The van der Waals surface area contributed by atoms with Gasteiger partial charge in [-0.25, -0.2) is 0 Å². The van der Waals surface area contributed by atoms with Crippen molar-refractivity contribution in [2.75, 3.05) is 11.1 Å². The molecule has 2 N–H and O–H groups in total. The summed E-state index contributed by atoms with van der Waals surface area (Å²) < 4.78 is 2.00. The number of nitrogens with zero attached hydrogens (tertiary/aromatic N) is 4. The van der Waals surface area contributed by atoms with Crippen molar-refractivity contribution >= 4 is 40.1 Å². The fourth-order valence-corrected chi connectivity index (χ4v) is 2.61. The Bertz CT molecular complexity index is 609. The van der Waals surface area contributed by atoms with Crippen LogP contribution in [0.15, 0.2) is 16.6 Å². The zero-order valence-corrected chi connectivity index (χ0v) is 11.4. The zero-order valence-electron chi connectivity index (χ0n) is 9.73. The van der Waals surface area contributed by atoms with E-state index < -0.39 is 5.97 Å². The summed E-state index contributed by atoms with van der Waals surface area (Å²) in [5.41, 5.74) is 0.275. The molecule has 0 bridgehead atoms. The van der Waals surface area contributed by atoms with E-state index in [4.69, 9.17) is 5.11 Å². The molecular formula is C9H9N5O3S2. The lowest BCUT2D eigenvalue weighted by Crippen LogP contribution is -2.12. The number of aryl methyl sites for hydroxylation is 1. The van der Waals surface area contributed by atoms with Gasteiger partial charge < -0.3 is 5.11 Å². The minimum absolute atomic E-state index is 0.0944. The van der Waals surface area contributed by atoms with Crippen LogP contribution in [-0.4, -0.2) is 42.7 Å². The number of rotatable bonds is 5. The lowest BCUT2D eigenvalue weighted by Gasteiger charge is -1.95. The van der Waals surface area contributed by atoms with E-state index in [1.54, 1.807) is 19.3 Å². The van der Waals surface area contributed by atoms with E-state index >= 15 is 0 Å². The molecule has 0 unspecified atom stereocenters. The van der Waals surface area contributed by atoms with Crippen LogP contribution in [0.3, 0.4) is 0 Å². The normalized spacial score (nSPS) is 10.4. The first-order valence-corrected chi connectivity index (χ1v) is 6.84. The van der Waals surface area contributed by atoms with E-state index in [1.807, 2.05) is 0 Å². The van der Waals surface area contributed by atoms with Crippen molar-refractivity contribution in [3.8, 4) is 0 Å². The number of carboxylic acid groups (broad SMARTS) is 1. The van der Waals surface area contributed by atoms with E-state index in [2.05, 4.69) is 20.6 Å². The second-order valence-electron chi connectivity index (χ2n) is 3.38. The minimum atomic E-state index is -0.931. The van der Waals surface area contributed by atoms with Crippen molar-refractivity contribution in [3.05, 3.63) is 18.0 Å². The van der Waals surface area contributed by atoms with Crippen molar-refractivity contribution in [3.63, 3.8) is 0 Å². The summed E-state index contributed by atoms with van der Waals surface area (Å²) in [6.07, 6.45) is 1.66. The standard InChI is InChI=1S/C9H9N5O3S2/c1-14-3-2-5(13-14)7(17)10-8-11-12-9(19-8)18-4-6(15)16/h2-3H,4H2,1H3,(H,15,16)(H,10,11,17). The Kier molecular flexibility index (Phi) is 4.12. The smallest absolute Gasteiger partial charge is 0.313 e. The van der Waals surface area contributed by atoms with E-state index in [9.17, 15) is 9.59 Å². The molecule has 0 spiro atoms. The molecule has 0 radical (unpaired) electrons. The molecule has 0 saturated heterocycles. The van der Waals surface area contributed by atoms with Crippen LogP contribution in [0.1, 0.15) is 10.5 Å². The van der Waals surface area contributed by atoms with Crippen LogP contribution >= 0.6 is 23.1 Å².